The van der Waals surface area contributed by atoms with Crippen molar-refractivity contribution in [2.45, 2.75) is 26.3 Å². The van der Waals surface area contributed by atoms with Gasteiger partial charge in [0.15, 0.2) is 0 Å². The van der Waals surface area contributed by atoms with Crippen LogP contribution in [0.1, 0.15) is 25.7 Å². The second-order valence-corrected chi connectivity index (χ2v) is 8.78. The zero-order chi connectivity index (χ0) is 23.4. The molecule has 1 aliphatic rings. The molecule has 0 spiro atoms. The minimum absolute atomic E-state index is 0.0212. The van der Waals surface area contributed by atoms with Crippen molar-refractivity contribution in [3.05, 3.63) is 58.4 Å². The molecule has 2 amide bonds. The van der Waals surface area contributed by atoms with E-state index in [-0.39, 0.29) is 17.7 Å². The number of hydrogen-bond acceptors (Lipinski definition) is 6. The normalized spacial score (nSPS) is 14.8. The van der Waals surface area contributed by atoms with Crippen molar-refractivity contribution in [3.63, 3.8) is 0 Å². The summed E-state index contributed by atoms with van der Waals surface area (Å²) in [6.07, 6.45) is 1.45. The Morgan fingerprint density at radius 3 is 2.52 bits per heavy atom. The predicted molar refractivity (Wildman–Crippen MR) is 127 cm³/mol. The lowest BCUT2D eigenvalue weighted by atomic mass is 9.96. The molecule has 0 saturated carbocycles. The third-order valence-electron chi connectivity index (χ3n) is 5.41. The molecule has 1 aliphatic heterocycles. The van der Waals surface area contributed by atoms with Crippen LogP contribution in [0, 0.1) is 5.92 Å². The van der Waals surface area contributed by atoms with Gasteiger partial charge >= 0.3 is 0 Å². The van der Waals surface area contributed by atoms with E-state index in [4.69, 9.17) is 27.7 Å². The van der Waals surface area contributed by atoms with Gasteiger partial charge in [-0.05, 0) is 62.3 Å². The van der Waals surface area contributed by atoms with E-state index in [1.165, 1.54) is 6.92 Å². The third kappa shape index (κ3) is 6.10. The molecule has 0 bridgehead atoms. The lowest BCUT2D eigenvalue weighted by molar-refractivity contribution is -0.121. The smallest absolute Gasteiger partial charge is 0.241 e. The molecule has 0 unspecified atom stereocenters. The Morgan fingerprint density at radius 1 is 1.09 bits per heavy atom. The zero-order valence-electron chi connectivity index (χ0n) is 18.0. The number of carbonyl (C=O) groups is 2. The Bertz CT molecular complexity index is 1160. The minimum Gasteiger partial charge on any atom is -0.338 e. The number of likely N-dealkylation sites (tertiary alicyclic amines) is 1. The molecule has 2 heterocycles. The highest BCUT2D eigenvalue weighted by molar-refractivity contribution is 6.36. The van der Waals surface area contributed by atoms with Crippen LogP contribution >= 0.6 is 23.2 Å². The highest BCUT2D eigenvalue weighted by Gasteiger charge is 2.26. The van der Waals surface area contributed by atoms with Gasteiger partial charge in [-0.25, -0.2) is 0 Å². The molecular weight excluding hydrogens is 465 g/mol. The van der Waals surface area contributed by atoms with Gasteiger partial charge in [-0.1, -0.05) is 34.4 Å². The summed E-state index contributed by atoms with van der Waals surface area (Å²) in [4.78, 5) is 30.6. The quantitative estimate of drug-likeness (QED) is 0.515. The van der Waals surface area contributed by atoms with E-state index in [9.17, 15) is 9.59 Å². The number of carbonyl (C=O) groups excluding carboxylic acids is 2. The minimum atomic E-state index is -0.157. The number of nitrogens with zero attached hydrogens (tertiary/aromatic N) is 3. The van der Waals surface area contributed by atoms with Crippen LogP contribution in [0.15, 0.2) is 47.0 Å². The lowest BCUT2D eigenvalue weighted by Crippen LogP contribution is -2.37. The maximum atomic E-state index is 12.7. The van der Waals surface area contributed by atoms with Crippen molar-refractivity contribution in [1.29, 1.82) is 0 Å². The van der Waals surface area contributed by atoms with E-state index >= 15 is 0 Å². The van der Waals surface area contributed by atoms with Crippen LogP contribution in [-0.2, 0) is 16.1 Å². The van der Waals surface area contributed by atoms with Gasteiger partial charge < -0.3 is 15.2 Å². The SMILES string of the molecule is CC(=O)Nc1cccc(NC(=O)C2CCN(Cc3nc(-c4ccc(Cl)cc4Cl)no3)CC2)c1. The Morgan fingerprint density at radius 2 is 1.82 bits per heavy atom. The van der Waals surface area contributed by atoms with Crippen LogP contribution in [-0.4, -0.2) is 39.9 Å². The van der Waals surface area contributed by atoms with Crippen molar-refractivity contribution in [1.82, 2.24) is 15.0 Å². The van der Waals surface area contributed by atoms with Gasteiger partial charge in [-0.3, -0.25) is 14.5 Å². The average Bonchev–Trinajstić information content (AvgIpc) is 3.22. The first-order chi connectivity index (χ1) is 15.9. The van der Waals surface area contributed by atoms with Crippen molar-refractivity contribution in [2.24, 2.45) is 5.92 Å². The topological polar surface area (TPSA) is 100 Å². The molecule has 1 fully saturated rings. The Hall–Kier alpha value is -2.94. The number of nitrogens with one attached hydrogen (secondary N) is 2. The van der Waals surface area contributed by atoms with Crippen LogP contribution in [0.25, 0.3) is 11.4 Å². The van der Waals surface area contributed by atoms with E-state index in [0.717, 1.165) is 25.9 Å². The summed E-state index contributed by atoms with van der Waals surface area (Å²) in [5.41, 5.74) is 1.97. The maximum Gasteiger partial charge on any atom is 0.241 e. The van der Waals surface area contributed by atoms with Crippen molar-refractivity contribution in [3.8, 4) is 11.4 Å². The lowest BCUT2D eigenvalue weighted by Gasteiger charge is -2.30. The number of rotatable bonds is 6. The van der Waals surface area contributed by atoms with Gasteiger partial charge in [0, 0.05) is 34.8 Å². The molecule has 0 radical (unpaired) electrons. The molecule has 0 atom stereocenters. The highest BCUT2D eigenvalue weighted by Crippen LogP contribution is 2.29. The van der Waals surface area contributed by atoms with E-state index in [2.05, 4.69) is 25.7 Å². The van der Waals surface area contributed by atoms with Crippen LogP contribution in [0.2, 0.25) is 10.0 Å². The van der Waals surface area contributed by atoms with Gasteiger partial charge in [-0.2, -0.15) is 4.98 Å². The molecule has 4 rings (SSSR count). The number of amides is 2. The second-order valence-electron chi connectivity index (χ2n) is 7.94. The molecular formula is C23H23Cl2N5O3. The number of piperidine rings is 1. The number of benzene rings is 2. The summed E-state index contributed by atoms with van der Waals surface area (Å²) < 4.78 is 5.40. The van der Waals surface area contributed by atoms with Gasteiger partial charge in [0.25, 0.3) is 0 Å². The number of hydrogen-bond donors (Lipinski definition) is 2. The maximum absolute atomic E-state index is 12.7. The van der Waals surface area contributed by atoms with Crippen molar-refractivity contribution < 1.29 is 14.1 Å². The summed E-state index contributed by atoms with van der Waals surface area (Å²) in [5, 5.41) is 10.7. The first kappa shape index (κ1) is 23.2. The van der Waals surface area contributed by atoms with Gasteiger partial charge in [0.2, 0.25) is 23.5 Å². The molecule has 2 aromatic carbocycles. The summed E-state index contributed by atoms with van der Waals surface area (Å²) in [6, 6.07) is 12.2. The molecule has 2 N–H and O–H groups in total. The number of halogens is 2. The van der Waals surface area contributed by atoms with Crippen LogP contribution in [0.4, 0.5) is 11.4 Å². The van der Waals surface area contributed by atoms with Gasteiger partial charge in [0.1, 0.15) is 0 Å². The molecule has 8 nitrogen and oxygen atoms in total. The monoisotopic (exact) mass is 487 g/mol. The van der Waals surface area contributed by atoms with Crippen LogP contribution < -0.4 is 10.6 Å². The second kappa shape index (κ2) is 10.3. The Balaban J connectivity index is 1.29. The summed E-state index contributed by atoms with van der Waals surface area (Å²) in [7, 11) is 0. The first-order valence-electron chi connectivity index (χ1n) is 10.6. The number of anilines is 2. The van der Waals surface area contributed by atoms with Crippen LogP contribution in [0.5, 0.6) is 0 Å². The Kier molecular flexibility index (Phi) is 7.27. The molecule has 0 aliphatic carbocycles. The largest absolute Gasteiger partial charge is 0.338 e. The fourth-order valence-electron chi connectivity index (χ4n) is 3.77. The molecule has 1 saturated heterocycles. The van der Waals surface area contributed by atoms with Crippen LogP contribution in [0.3, 0.4) is 0 Å². The number of aromatic nitrogens is 2. The fourth-order valence-corrected chi connectivity index (χ4v) is 4.26. The van der Waals surface area contributed by atoms with Crippen molar-refractivity contribution in [2.75, 3.05) is 23.7 Å². The average molecular weight is 488 g/mol. The van der Waals surface area contributed by atoms with Crippen molar-refractivity contribution >= 4 is 46.4 Å². The first-order valence-corrected chi connectivity index (χ1v) is 11.3. The van der Waals surface area contributed by atoms with E-state index in [1.807, 2.05) is 0 Å². The fraction of sp³-hybridized carbons (Fsp3) is 0.304. The molecule has 33 heavy (non-hydrogen) atoms. The standard InChI is InChI=1S/C23H23Cl2N5O3/c1-14(31)26-17-3-2-4-18(12-17)27-23(32)15-7-9-30(10-8-15)13-21-28-22(29-33-21)19-6-5-16(24)11-20(19)25/h2-6,11-12,15H,7-10,13H2,1H3,(H,26,31)(H,27,32). The summed E-state index contributed by atoms with van der Waals surface area (Å²) in [5.74, 6) is 0.649. The van der Waals surface area contributed by atoms with E-state index < -0.39 is 0 Å². The molecule has 3 aromatic rings. The summed E-state index contributed by atoms with van der Waals surface area (Å²) in [6.45, 7) is 3.43. The zero-order valence-corrected chi connectivity index (χ0v) is 19.5. The highest BCUT2D eigenvalue weighted by atomic mass is 35.5. The predicted octanol–water partition coefficient (Wildman–Crippen LogP) is 4.85. The Labute approximate surface area is 201 Å². The molecule has 10 heteroatoms. The third-order valence-corrected chi connectivity index (χ3v) is 5.96. The summed E-state index contributed by atoms with van der Waals surface area (Å²) >= 11 is 12.2. The van der Waals surface area contributed by atoms with Gasteiger partial charge in [-0.15, -0.1) is 0 Å². The molecule has 1 aromatic heterocycles. The van der Waals surface area contributed by atoms with E-state index in [1.54, 1.807) is 42.5 Å². The van der Waals surface area contributed by atoms with E-state index in [0.29, 0.717) is 45.2 Å². The van der Waals surface area contributed by atoms with Gasteiger partial charge in [0.05, 0.1) is 11.6 Å². The molecule has 172 valence electrons.